The van der Waals surface area contributed by atoms with Crippen molar-refractivity contribution in [3.63, 3.8) is 0 Å². The summed E-state index contributed by atoms with van der Waals surface area (Å²) < 4.78 is 24.2. The van der Waals surface area contributed by atoms with Crippen LogP contribution in [0.15, 0.2) is 23.1 Å². The summed E-state index contributed by atoms with van der Waals surface area (Å²) in [5.74, 6) is -1.12. The van der Waals surface area contributed by atoms with E-state index in [1.54, 1.807) is 25.1 Å². The normalized spacial score (nSPS) is 11.8. The molecule has 0 aliphatic rings. The highest BCUT2D eigenvalue weighted by Gasteiger charge is 2.18. The van der Waals surface area contributed by atoms with Crippen molar-refractivity contribution in [2.45, 2.75) is 18.2 Å². The van der Waals surface area contributed by atoms with Crippen molar-refractivity contribution in [3.05, 3.63) is 29.3 Å². The van der Waals surface area contributed by atoms with E-state index in [0.29, 0.717) is 18.5 Å². The number of aromatic carboxylic acids is 1. The van der Waals surface area contributed by atoms with Gasteiger partial charge in [-0.15, -0.1) is 0 Å². The van der Waals surface area contributed by atoms with Crippen LogP contribution in [0.5, 0.6) is 0 Å². The number of carbonyl (C=O) groups is 1. The minimum atomic E-state index is -3.44. The van der Waals surface area contributed by atoms with Crippen molar-refractivity contribution < 1.29 is 18.3 Å². The topological polar surface area (TPSA) is 74.7 Å². The average Bonchev–Trinajstić information content (AvgIpc) is 2.35. The minimum absolute atomic E-state index is 0.0233. The quantitative estimate of drug-likeness (QED) is 0.852. The summed E-state index contributed by atoms with van der Waals surface area (Å²) >= 11 is 0. The molecule has 0 aromatic heterocycles. The molecule has 0 bridgehead atoms. The molecule has 19 heavy (non-hydrogen) atoms. The monoisotopic (exact) mass is 285 g/mol. The first-order valence-electron chi connectivity index (χ1n) is 6.01. The van der Waals surface area contributed by atoms with E-state index in [2.05, 4.69) is 0 Å². The molecule has 0 spiro atoms. The van der Waals surface area contributed by atoms with Crippen molar-refractivity contribution in [2.75, 3.05) is 26.4 Å². The van der Waals surface area contributed by atoms with E-state index in [9.17, 15) is 13.2 Å². The third kappa shape index (κ3) is 4.04. The van der Waals surface area contributed by atoms with Crippen LogP contribution in [0.4, 0.5) is 0 Å². The van der Waals surface area contributed by atoms with E-state index in [4.69, 9.17) is 5.11 Å². The first kappa shape index (κ1) is 15.7. The minimum Gasteiger partial charge on any atom is -0.478 e. The Morgan fingerprint density at radius 2 is 1.95 bits per heavy atom. The molecule has 0 saturated heterocycles. The highest BCUT2D eigenvalue weighted by atomic mass is 32.2. The van der Waals surface area contributed by atoms with E-state index < -0.39 is 15.8 Å². The van der Waals surface area contributed by atoms with Crippen molar-refractivity contribution in [1.82, 2.24) is 4.90 Å². The third-order valence-electron chi connectivity index (χ3n) is 2.86. The van der Waals surface area contributed by atoms with Gasteiger partial charge < -0.3 is 10.0 Å². The number of rotatable bonds is 6. The second kappa shape index (κ2) is 6.16. The first-order valence-corrected chi connectivity index (χ1v) is 7.67. The smallest absolute Gasteiger partial charge is 0.336 e. The van der Waals surface area contributed by atoms with Gasteiger partial charge in [-0.25, -0.2) is 13.2 Å². The van der Waals surface area contributed by atoms with E-state index in [1.165, 1.54) is 12.1 Å². The molecule has 0 amide bonds. The summed E-state index contributed by atoms with van der Waals surface area (Å²) in [7, 11) is 0.139. The van der Waals surface area contributed by atoms with Crippen LogP contribution in [0.3, 0.4) is 0 Å². The highest BCUT2D eigenvalue weighted by Crippen LogP contribution is 2.18. The molecule has 0 aliphatic heterocycles. The van der Waals surface area contributed by atoms with Gasteiger partial charge in [-0.3, -0.25) is 0 Å². The molecule has 0 heterocycles. The molecule has 0 radical (unpaired) electrons. The van der Waals surface area contributed by atoms with Crippen molar-refractivity contribution >= 4 is 15.8 Å². The van der Waals surface area contributed by atoms with Crippen LogP contribution in [0, 0.1) is 0 Å². The molecule has 1 aromatic rings. The zero-order valence-corrected chi connectivity index (χ0v) is 12.2. The number of hydrogen-bond acceptors (Lipinski definition) is 4. The number of nitrogens with zero attached hydrogens (tertiary/aromatic N) is 1. The maximum Gasteiger partial charge on any atom is 0.336 e. The van der Waals surface area contributed by atoms with E-state index in [1.807, 2.05) is 6.92 Å². The molecule has 0 unspecified atom stereocenters. The number of carboxylic acid groups (broad SMARTS) is 1. The van der Waals surface area contributed by atoms with E-state index >= 15 is 0 Å². The van der Waals surface area contributed by atoms with Gasteiger partial charge in [-0.05, 0) is 38.2 Å². The van der Waals surface area contributed by atoms with Crippen molar-refractivity contribution in [2.24, 2.45) is 0 Å². The molecule has 1 rings (SSSR count). The molecule has 0 saturated carbocycles. The number of benzene rings is 1. The van der Waals surface area contributed by atoms with E-state index in [0.717, 1.165) is 0 Å². The molecule has 1 N–H and O–H groups in total. The van der Waals surface area contributed by atoms with Crippen molar-refractivity contribution in [1.29, 1.82) is 0 Å². The van der Waals surface area contributed by atoms with Gasteiger partial charge in [0.15, 0.2) is 9.84 Å². The third-order valence-corrected chi connectivity index (χ3v) is 4.55. The zero-order chi connectivity index (χ0) is 14.6. The van der Waals surface area contributed by atoms with Gasteiger partial charge in [0.25, 0.3) is 0 Å². The highest BCUT2D eigenvalue weighted by molar-refractivity contribution is 7.91. The largest absolute Gasteiger partial charge is 0.478 e. The van der Waals surface area contributed by atoms with Gasteiger partial charge in [0.2, 0.25) is 0 Å². The predicted molar refractivity (Wildman–Crippen MR) is 73.4 cm³/mol. The fourth-order valence-corrected chi connectivity index (χ4v) is 3.09. The second-order valence-electron chi connectivity index (χ2n) is 4.60. The zero-order valence-electron chi connectivity index (χ0n) is 11.4. The summed E-state index contributed by atoms with van der Waals surface area (Å²) in [5, 5.41) is 9.10. The molecular weight excluding hydrogens is 266 g/mol. The Morgan fingerprint density at radius 3 is 2.42 bits per heavy atom. The average molecular weight is 285 g/mol. The molecule has 0 fully saturated rings. The van der Waals surface area contributed by atoms with Crippen LogP contribution < -0.4 is 0 Å². The SMILES string of the molecule is CCc1ccc(S(=O)(=O)CCN(C)C)cc1C(=O)O. The van der Waals surface area contributed by atoms with Gasteiger partial charge in [0.05, 0.1) is 16.2 Å². The summed E-state index contributed by atoms with van der Waals surface area (Å²) in [6, 6.07) is 4.31. The summed E-state index contributed by atoms with van der Waals surface area (Å²) in [5.41, 5.74) is 0.701. The molecular formula is C13H19NO4S. The van der Waals surface area contributed by atoms with Crippen molar-refractivity contribution in [3.8, 4) is 0 Å². The lowest BCUT2D eigenvalue weighted by Gasteiger charge is -2.11. The standard InChI is InChI=1S/C13H19NO4S/c1-4-10-5-6-11(9-12(10)13(15)16)19(17,18)8-7-14(2)3/h5-6,9H,4,7-8H2,1-3H3,(H,15,16). The second-order valence-corrected chi connectivity index (χ2v) is 6.71. The lowest BCUT2D eigenvalue weighted by molar-refractivity contribution is 0.0695. The van der Waals surface area contributed by atoms with Crippen LogP contribution >= 0.6 is 0 Å². The predicted octanol–water partition coefficient (Wildman–Crippen LogP) is 1.28. The Bertz CT molecular complexity index is 564. The maximum absolute atomic E-state index is 12.1. The Hall–Kier alpha value is -1.40. The number of hydrogen-bond donors (Lipinski definition) is 1. The fraction of sp³-hybridized carbons (Fsp3) is 0.462. The van der Waals surface area contributed by atoms with Crippen LogP contribution in [0.2, 0.25) is 0 Å². The Kier molecular flexibility index (Phi) is 5.08. The lowest BCUT2D eigenvalue weighted by atomic mass is 10.1. The Labute approximate surface area is 113 Å². The number of carboxylic acids is 1. The van der Waals surface area contributed by atoms with Gasteiger partial charge in [0.1, 0.15) is 0 Å². The maximum atomic E-state index is 12.1. The van der Waals surface area contributed by atoms with Gasteiger partial charge in [-0.1, -0.05) is 13.0 Å². The first-order chi connectivity index (χ1) is 8.77. The van der Waals surface area contributed by atoms with Gasteiger partial charge >= 0.3 is 5.97 Å². The Morgan fingerprint density at radius 1 is 1.32 bits per heavy atom. The summed E-state index contributed by atoms with van der Waals surface area (Å²) in [4.78, 5) is 13.0. The molecule has 0 aliphatic carbocycles. The fourth-order valence-electron chi connectivity index (χ4n) is 1.68. The van der Waals surface area contributed by atoms with Crippen LogP contribution in [-0.4, -0.2) is 50.8 Å². The van der Waals surface area contributed by atoms with Crippen LogP contribution in [0.1, 0.15) is 22.8 Å². The van der Waals surface area contributed by atoms with Crippen LogP contribution in [0.25, 0.3) is 0 Å². The number of aryl methyl sites for hydroxylation is 1. The lowest BCUT2D eigenvalue weighted by Crippen LogP contribution is -2.22. The summed E-state index contributed by atoms with van der Waals surface area (Å²) in [6.45, 7) is 2.24. The van der Waals surface area contributed by atoms with Crippen LogP contribution in [-0.2, 0) is 16.3 Å². The molecule has 5 nitrogen and oxygen atoms in total. The molecule has 106 valence electrons. The Balaban J connectivity index is 3.14. The molecule has 6 heteroatoms. The number of sulfone groups is 1. The molecule has 1 aromatic carbocycles. The summed E-state index contributed by atoms with van der Waals surface area (Å²) in [6.07, 6.45) is 0.555. The van der Waals surface area contributed by atoms with Gasteiger partial charge in [0, 0.05) is 6.54 Å². The van der Waals surface area contributed by atoms with Gasteiger partial charge in [-0.2, -0.15) is 0 Å². The molecule has 0 atom stereocenters. The van der Waals surface area contributed by atoms with E-state index in [-0.39, 0.29) is 16.2 Å².